The van der Waals surface area contributed by atoms with Crippen molar-refractivity contribution in [2.75, 3.05) is 46.6 Å². The number of benzene rings is 4. The number of aryl methyl sites for hydroxylation is 2. The Bertz CT molecular complexity index is 2370. The molecule has 0 aliphatic carbocycles. The average molecular weight is 856 g/mol. The molecule has 0 radical (unpaired) electrons. The molecule has 4 aromatic carbocycles. The molecule has 14 nitrogen and oxygen atoms in total. The van der Waals surface area contributed by atoms with Gasteiger partial charge < -0.3 is 24.1 Å². The number of aldehydes is 1. The average Bonchev–Trinajstić information content (AvgIpc) is 3.27. The number of aromatic nitrogens is 2. The van der Waals surface area contributed by atoms with Crippen molar-refractivity contribution in [1.82, 2.24) is 20.8 Å². The molecule has 0 saturated carbocycles. The molecular formula is C44H51N6O8S2+. The zero-order valence-corrected chi connectivity index (χ0v) is 36.2. The van der Waals surface area contributed by atoms with Crippen LogP contribution in [0, 0.1) is 13.8 Å². The van der Waals surface area contributed by atoms with Gasteiger partial charge in [-0.15, -0.1) is 23.5 Å². The lowest BCUT2D eigenvalue weighted by Crippen LogP contribution is -2.31. The van der Waals surface area contributed by atoms with Crippen LogP contribution in [0.5, 0.6) is 23.0 Å². The Morgan fingerprint density at radius 3 is 1.58 bits per heavy atom. The largest absolute Gasteiger partial charge is 1.00 e. The smallest absolute Gasteiger partial charge is 0.493 e. The molecule has 0 aliphatic rings. The third kappa shape index (κ3) is 15.2. The van der Waals surface area contributed by atoms with Gasteiger partial charge in [0.2, 0.25) is 11.8 Å². The number of hydrazine groups is 1. The normalized spacial score (nSPS) is 10.2. The molecule has 0 saturated heterocycles. The van der Waals surface area contributed by atoms with E-state index in [4.69, 9.17) is 29.9 Å². The standard InChI is InChI=1S/C21H21N3O3S.C12H13N3OS.C9H10O3.C2H6O/c1-14-10-20(16-6-4-5-7-17(16)23-14)28-13-21(25)24-22-12-15-8-9-18(26-2)19(11-15)27-3;1-8-6-11(17-7-12(16)15-13)9-4-2-3-5-10(9)14-8;1-11-8-4-3-7(6-10)5-9(8)12-2;1-2-3/h4-12H,13H2,1-3H3,(H,24,25);2-6H,7,13H2,1H3,(H,15,16);3-6H,1-2H3;3H,2H2,1H3/p+1/b22-12+;;;. The van der Waals surface area contributed by atoms with Gasteiger partial charge in [-0.05, 0) is 87.0 Å². The highest BCUT2D eigenvalue weighted by molar-refractivity contribution is 8.00. The maximum atomic E-state index is 12.1. The van der Waals surface area contributed by atoms with Crippen LogP contribution in [-0.4, -0.2) is 85.9 Å². The number of hydrazone groups is 1. The first-order valence-corrected chi connectivity index (χ1v) is 20.3. The van der Waals surface area contributed by atoms with Gasteiger partial charge in [-0.3, -0.25) is 29.8 Å². The molecule has 0 spiro atoms. The van der Waals surface area contributed by atoms with E-state index in [9.17, 15) is 14.4 Å². The Balaban J connectivity index is 0.000000330. The van der Waals surface area contributed by atoms with Crippen molar-refractivity contribution in [2.45, 2.75) is 30.6 Å². The highest BCUT2D eigenvalue weighted by Crippen LogP contribution is 2.30. The van der Waals surface area contributed by atoms with Crippen molar-refractivity contribution < 1.29 is 39.9 Å². The maximum Gasteiger partial charge on any atom is 1.00 e. The van der Waals surface area contributed by atoms with Crippen LogP contribution < -0.4 is 35.6 Å². The third-order valence-electron chi connectivity index (χ3n) is 7.85. The van der Waals surface area contributed by atoms with E-state index < -0.39 is 0 Å². The van der Waals surface area contributed by atoms with Gasteiger partial charge in [-0.2, -0.15) is 5.10 Å². The number of aliphatic hydroxyl groups excluding tert-OH is 1. The number of methoxy groups -OCH3 is 4. The van der Waals surface area contributed by atoms with Gasteiger partial charge in [-0.1, -0.05) is 36.4 Å². The molecule has 0 unspecified atom stereocenters. The van der Waals surface area contributed by atoms with E-state index >= 15 is 0 Å². The summed E-state index contributed by atoms with van der Waals surface area (Å²) in [5.41, 5.74) is 9.79. The van der Waals surface area contributed by atoms with Gasteiger partial charge in [0.25, 0.3) is 0 Å². The molecule has 0 bridgehead atoms. The van der Waals surface area contributed by atoms with Crippen molar-refractivity contribution in [2.24, 2.45) is 10.9 Å². The summed E-state index contributed by atoms with van der Waals surface area (Å²) in [6, 6.07) is 30.2. The number of para-hydroxylation sites is 2. The number of fused-ring (bicyclic) bond motifs is 2. The number of thioether (sulfide) groups is 2. The van der Waals surface area contributed by atoms with E-state index in [1.165, 1.54) is 30.6 Å². The number of pyridine rings is 2. The second-order valence-electron chi connectivity index (χ2n) is 12.2. The minimum absolute atomic E-state index is 0. The number of aliphatic hydroxyl groups is 1. The second-order valence-corrected chi connectivity index (χ2v) is 14.2. The number of hydrogen-bond donors (Lipinski definition) is 4. The summed E-state index contributed by atoms with van der Waals surface area (Å²) in [5.74, 6) is 7.70. The maximum absolute atomic E-state index is 12.1. The van der Waals surface area contributed by atoms with Crippen molar-refractivity contribution in [3.8, 4) is 23.0 Å². The van der Waals surface area contributed by atoms with Gasteiger partial charge in [0.15, 0.2) is 23.0 Å². The highest BCUT2D eigenvalue weighted by atomic mass is 32.2. The Kier molecular flexibility index (Phi) is 20.9. The predicted octanol–water partition coefficient (Wildman–Crippen LogP) is 7.06. The minimum Gasteiger partial charge on any atom is -0.493 e. The van der Waals surface area contributed by atoms with Crippen molar-refractivity contribution >= 4 is 69.6 Å². The van der Waals surface area contributed by atoms with E-state index in [1.54, 1.807) is 64.8 Å². The van der Waals surface area contributed by atoms with Crippen molar-refractivity contribution in [1.29, 1.82) is 0 Å². The Morgan fingerprint density at radius 2 is 1.13 bits per heavy atom. The summed E-state index contributed by atoms with van der Waals surface area (Å²) in [5, 5.41) is 13.7. The zero-order chi connectivity index (χ0) is 43.9. The number of amides is 2. The van der Waals surface area contributed by atoms with E-state index in [0.717, 1.165) is 54.8 Å². The zero-order valence-electron chi connectivity index (χ0n) is 35.6. The summed E-state index contributed by atoms with van der Waals surface area (Å²) in [6.07, 6.45) is 2.33. The number of nitrogens with one attached hydrogen (secondary N) is 2. The van der Waals surface area contributed by atoms with E-state index in [0.29, 0.717) is 34.3 Å². The first kappa shape index (κ1) is 48.2. The lowest BCUT2D eigenvalue weighted by atomic mass is 10.2. The quantitative estimate of drug-likeness (QED) is 0.0231. The molecule has 5 N–H and O–H groups in total. The minimum atomic E-state index is -0.187. The Morgan fingerprint density at radius 1 is 0.700 bits per heavy atom. The van der Waals surface area contributed by atoms with Gasteiger partial charge >= 0.3 is 1.43 Å². The molecule has 6 aromatic rings. The first-order valence-electron chi connectivity index (χ1n) is 18.3. The summed E-state index contributed by atoms with van der Waals surface area (Å²) < 4.78 is 20.4. The number of nitrogens with zero attached hydrogens (tertiary/aromatic N) is 3. The predicted molar refractivity (Wildman–Crippen MR) is 241 cm³/mol. The Labute approximate surface area is 359 Å². The second kappa shape index (κ2) is 26.0. The Hall–Kier alpha value is -6.20. The van der Waals surface area contributed by atoms with Crippen LogP contribution in [0.1, 0.15) is 35.7 Å². The van der Waals surface area contributed by atoms with Crippen LogP contribution in [0.2, 0.25) is 0 Å². The lowest BCUT2D eigenvalue weighted by molar-refractivity contribution is -0.119. The molecule has 6 rings (SSSR count). The highest BCUT2D eigenvalue weighted by Gasteiger charge is 2.09. The van der Waals surface area contributed by atoms with Crippen molar-refractivity contribution in [3.05, 3.63) is 120 Å². The van der Waals surface area contributed by atoms with Crippen molar-refractivity contribution in [3.63, 3.8) is 0 Å². The number of carbonyl (C=O) groups is 3. The molecule has 60 heavy (non-hydrogen) atoms. The molecular weight excluding hydrogens is 805 g/mol. The fourth-order valence-corrected chi connectivity index (χ4v) is 7.06. The molecule has 2 amide bonds. The van der Waals surface area contributed by atoms with Crippen LogP contribution in [0.25, 0.3) is 21.8 Å². The number of rotatable bonds is 13. The summed E-state index contributed by atoms with van der Waals surface area (Å²) >= 11 is 2.93. The van der Waals surface area contributed by atoms with Crippen LogP contribution in [0.3, 0.4) is 0 Å². The van der Waals surface area contributed by atoms with Gasteiger partial charge in [0.05, 0.1) is 57.2 Å². The number of hydrogen-bond acceptors (Lipinski definition) is 14. The topological polar surface area (TPSA) is 197 Å². The molecule has 0 fully saturated rings. The fourth-order valence-electron chi connectivity index (χ4n) is 5.18. The monoisotopic (exact) mass is 855 g/mol. The van der Waals surface area contributed by atoms with E-state index in [2.05, 4.69) is 25.9 Å². The SMILES string of the molecule is CCO.COc1ccc(/C=N/NC(=O)CSc2cc(C)nc3ccccc23)cc1OC.COc1ccc(C=O)cc1OC.Cc1cc(SCC(=O)NN)c2ccccc2n1.[H+]. The van der Waals surface area contributed by atoms with Crippen LogP contribution in [0.4, 0.5) is 0 Å². The summed E-state index contributed by atoms with van der Waals surface area (Å²) in [6.45, 7) is 5.82. The van der Waals surface area contributed by atoms with Gasteiger partial charge in [0, 0.05) is 44.1 Å². The summed E-state index contributed by atoms with van der Waals surface area (Å²) in [7, 11) is 6.24. The van der Waals surface area contributed by atoms with Gasteiger partial charge in [0.1, 0.15) is 6.29 Å². The van der Waals surface area contributed by atoms with E-state index in [1.807, 2.05) is 80.6 Å². The summed E-state index contributed by atoms with van der Waals surface area (Å²) in [4.78, 5) is 44.7. The lowest BCUT2D eigenvalue weighted by Gasteiger charge is -2.08. The first-order chi connectivity index (χ1) is 29.0. The van der Waals surface area contributed by atoms with Crippen LogP contribution in [0.15, 0.2) is 112 Å². The molecule has 16 heteroatoms. The molecule has 316 valence electrons. The fraction of sp³-hybridized carbons (Fsp3) is 0.227. The number of nitrogens with two attached hydrogens (primary N) is 1. The van der Waals surface area contributed by atoms with E-state index in [-0.39, 0.29) is 25.6 Å². The molecule has 2 heterocycles. The molecule has 2 aromatic heterocycles. The third-order valence-corrected chi connectivity index (χ3v) is 9.96. The molecule has 0 atom stereocenters. The number of ether oxygens (including phenoxy) is 4. The number of carbonyl (C=O) groups excluding carboxylic acids is 3. The van der Waals surface area contributed by atoms with Gasteiger partial charge in [-0.25, -0.2) is 11.3 Å². The van der Waals surface area contributed by atoms with Crippen LogP contribution >= 0.6 is 23.5 Å². The van der Waals surface area contributed by atoms with Crippen LogP contribution in [-0.2, 0) is 9.59 Å². The molecule has 0 aliphatic heterocycles.